The van der Waals surface area contributed by atoms with Crippen molar-refractivity contribution >= 4 is 23.4 Å². The molecule has 1 amide bonds. The van der Waals surface area contributed by atoms with Crippen LogP contribution in [0.25, 0.3) is 11.4 Å². The third-order valence-corrected chi connectivity index (χ3v) is 5.56. The summed E-state index contributed by atoms with van der Waals surface area (Å²) in [7, 11) is 6.50. The highest BCUT2D eigenvalue weighted by Gasteiger charge is 2.18. The average molecular weight is 459 g/mol. The molecule has 3 aromatic rings. The van der Waals surface area contributed by atoms with E-state index in [1.807, 2.05) is 30.7 Å². The van der Waals surface area contributed by atoms with E-state index in [-0.39, 0.29) is 11.7 Å². The first-order valence-electron chi connectivity index (χ1n) is 9.86. The number of amides is 1. The fourth-order valence-corrected chi connectivity index (χ4v) is 3.74. The maximum absolute atomic E-state index is 12.4. The molecule has 2 aromatic carbocycles. The van der Waals surface area contributed by atoms with Crippen molar-refractivity contribution in [3.8, 4) is 34.4 Å². The molecule has 0 atom stereocenters. The first kappa shape index (κ1) is 23.3. The Morgan fingerprint density at radius 3 is 2.25 bits per heavy atom. The van der Waals surface area contributed by atoms with Crippen LogP contribution in [-0.2, 0) is 11.8 Å². The molecule has 0 saturated heterocycles. The summed E-state index contributed by atoms with van der Waals surface area (Å²) in [6, 6.07) is 10.9. The minimum atomic E-state index is -0.142. The van der Waals surface area contributed by atoms with E-state index in [1.165, 1.54) is 11.8 Å². The highest BCUT2D eigenvalue weighted by Crippen LogP contribution is 2.41. The molecule has 0 aliphatic heterocycles. The molecule has 10 heteroatoms. The number of anilines is 1. The van der Waals surface area contributed by atoms with Gasteiger partial charge in [-0.3, -0.25) is 4.79 Å². The number of ether oxygens (including phenoxy) is 4. The summed E-state index contributed by atoms with van der Waals surface area (Å²) in [5.41, 5.74) is 1.45. The van der Waals surface area contributed by atoms with Crippen molar-refractivity contribution in [2.75, 3.05) is 39.0 Å². The van der Waals surface area contributed by atoms with Gasteiger partial charge in [0.05, 0.1) is 33.7 Å². The SMILES string of the molecule is CCOc1ccc(NC(=O)CSc2nnc(-c3cc(OC)c(OC)c(OC)c3)n2C)cc1. The Morgan fingerprint density at radius 2 is 1.69 bits per heavy atom. The van der Waals surface area contributed by atoms with Gasteiger partial charge in [-0.2, -0.15) is 0 Å². The highest BCUT2D eigenvalue weighted by molar-refractivity contribution is 7.99. The molecule has 1 N–H and O–H groups in total. The number of nitrogens with zero attached hydrogens (tertiary/aromatic N) is 3. The average Bonchev–Trinajstić information content (AvgIpc) is 3.18. The lowest BCUT2D eigenvalue weighted by Gasteiger charge is -2.14. The molecule has 1 aromatic heterocycles. The maximum atomic E-state index is 12.4. The smallest absolute Gasteiger partial charge is 0.234 e. The molecule has 0 fully saturated rings. The van der Waals surface area contributed by atoms with Gasteiger partial charge >= 0.3 is 0 Å². The molecular formula is C22H26N4O5S. The maximum Gasteiger partial charge on any atom is 0.234 e. The normalized spacial score (nSPS) is 10.5. The lowest BCUT2D eigenvalue weighted by molar-refractivity contribution is -0.113. The quantitative estimate of drug-likeness (QED) is 0.460. The van der Waals surface area contributed by atoms with E-state index in [4.69, 9.17) is 18.9 Å². The van der Waals surface area contributed by atoms with Gasteiger partial charge in [-0.05, 0) is 43.3 Å². The summed E-state index contributed by atoms with van der Waals surface area (Å²) in [6.07, 6.45) is 0. The topological polar surface area (TPSA) is 96.7 Å². The van der Waals surface area contributed by atoms with E-state index >= 15 is 0 Å². The Bertz CT molecular complexity index is 1040. The van der Waals surface area contributed by atoms with Gasteiger partial charge in [0.25, 0.3) is 0 Å². The van der Waals surface area contributed by atoms with Crippen LogP contribution >= 0.6 is 11.8 Å². The molecule has 0 radical (unpaired) electrons. The van der Waals surface area contributed by atoms with E-state index in [2.05, 4.69) is 15.5 Å². The minimum absolute atomic E-state index is 0.142. The van der Waals surface area contributed by atoms with Crippen molar-refractivity contribution in [3.05, 3.63) is 36.4 Å². The second-order valence-electron chi connectivity index (χ2n) is 6.57. The van der Waals surface area contributed by atoms with Gasteiger partial charge in [0.2, 0.25) is 11.7 Å². The summed E-state index contributed by atoms with van der Waals surface area (Å²) in [6.45, 7) is 2.52. The lowest BCUT2D eigenvalue weighted by Crippen LogP contribution is -2.14. The molecule has 9 nitrogen and oxygen atoms in total. The van der Waals surface area contributed by atoms with Crippen molar-refractivity contribution in [2.45, 2.75) is 12.1 Å². The number of methoxy groups -OCH3 is 3. The number of nitrogens with one attached hydrogen (secondary N) is 1. The van der Waals surface area contributed by atoms with Crippen molar-refractivity contribution < 1.29 is 23.7 Å². The molecule has 0 aliphatic rings. The van der Waals surface area contributed by atoms with Crippen LogP contribution in [0.4, 0.5) is 5.69 Å². The summed E-state index contributed by atoms with van der Waals surface area (Å²) in [4.78, 5) is 12.4. The van der Waals surface area contributed by atoms with Crippen LogP contribution in [-0.4, -0.2) is 54.4 Å². The molecule has 0 aliphatic carbocycles. The third kappa shape index (κ3) is 5.25. The molecule has 0 saturated carbocycles. The Kier molecular flexibility index (Phi) is 7.82. The number of carbonyl (C=O) groups excluding carboxylic acids is 1. The molecule has 0 bridgehead atoms. The fourth-order valence-electron chi connectivity index (χ4n) is 3.03. The Balaban J connectivity index is 1.69. The first-order chi connectivity index (χ1) is 15.5. The molecule has 3 rings (SSSR count). The van der Waals surface area contributed by atoms with E-state index in [1.54, 1.807) is 45.6 Å². The van der Waals surface area contributed by atoms with E-state index < -0.39 is 0 Å². The van der Waals surface area contributed by atoms with Gasteiger partial charge in [0.1, 0.15) is 5.75 Å². The largest absolute Gasteiger partial charge is 0.494 e. The summed E-state index contributed by atoms with van der Waals surface area (Å²) < 4.78 is 23.4. The molecule has 170 valence electrons. The van der Waals surface area contributed by atoms with Gasteiger partial charge in [0.15, 0.2) is 22.5 Å². The van der Waals surface area contributed by atoms with Crippen molar-refractivity contribution in [3.63, 3.8) is 0 Å². The highest BCUT2D eigenvalue weighted by atomic mass is 32.2. The number of hydrogen-bond acceptors (Lipinski definition) is 8. The zero-order valence-corrected chi connectivity index (χ0v) is 19.5. The van der Waals surface area contributed by atoms with Crippen molar-refractivity contribution in [1.82, 2.24) is 14.8 Å². The molecule has 0 unspecified atom stereocenters. The number of hydrogen-bond donors (Lipinski definition) is 1. The van der Waals surface area contributed by atoms with Crippen LogP contribution in [0.1, 0.15) is 6.92 Å². The lowest BCUT2D eigenvalue weighted by atomic mass is 10.1. The second kappa shape index (κ2) is 10.8. The summed E-state index contributed by atoms with van der Waals surface area (Å²) in [5.74, 6) is 2.96. The van der Waals surface area contributed by atoms with E-state index in [9.17, 15) is 4.79 Å². The van der Waals surface area contributed by atoms with E-state index in [0.717, 1.165) is 11.3 Å². The van der Waals surface area contributed by atoms with Crippen molar-refractivity contribution in [1.29, 1.82) is 0 Å². The predicted molar refractivity (Wildman–Crippen MR) is 123 cm³/mol. The zero-order chi connectivity index (χ0) is 23.1. The predicted octanol–water partition coefficient (Wildman–Crippen LogP) is 3.64. The molecule has 0 spiro atoms. The molecule has 1 heterocycles. The van der Waals surface area contributed by atoms with Crippen LogP contribution in [0, 0.1) is 0 Å². The Labute approximate surface area is 191 Å². The van der Waals surface area contributed by atoms with Crippen LogP contribution in [0.5, 0.6) is 23.0 Å². The standard InChI is InChI=1S/C22H26N4O5S/c1-6-31-16-9-7-15(8-10-16)23-19(27)13-32-22-25-24-21(26(22)2)14-11-17(28-3)20(30-5)18(12-14)29-4/h7-12H,6,13H2,1-5H3,(H,23,27). The van der Waals surface area contributed by atoms with Gasteiger partial charge < -0.3 is 28.8 Å². The minimum Gasteiger partial charge on any atom is -0.494 e. The Morgan fingerprint density at radius 1 is 1.03 bits per heavy atom. The van der Waals surface area contributed by atoms with Crippen LogP contribution < -0.4 is 24.3 Å². The summed E-state index contributed by atoms with van der Waals surface area (Å²) in [5, 5.41) is 12.0. The molecule has 32 heavy (non-hydrogen) atoms. The van der Waals surface area contributed by atoms with Gasteiger partial charge in [0, 0.05) is 18.3 Å². The van der Waals surface area contributed by atoms with Gasteiger partial charge in [-0.1, -0.05) is 11.8 Å². The zero-order valence-electron chi connectivity index (χ0n) is 18.7. The van der Waals surface area contributed by atoms with Crippen molar-refractivity contribution in [2.24, 2.45) is 7.05 Å². The van der Waals surface area contributed by atoms with E-state index in [0.29, 0.717) is 40.5 Å². The third-order valence-electron chi connectivity index (χ3n) is 4.54. The fraction of sp³-hybridized carbons (Fsp3) is 0.318. The Hall–Kier alpha value is -3.40. The van der Waals surface area contributed by atoms with Gasteiger partial charge in [-0.15, -0.1) is 10.2 Å². The van der Waals surface area contributed by atoms with Crippen LogP contribution in [0.15, 0.2) is 41.6 Å². The number of aromatic nitrogens is 3. The molecular weight excluding hydrogens is 432 g/mol. The van der Waals surface area contributed by atoms with Crippen LogP contribution in [0.3, 0.4) is 0 Å². The number of thioether (sulfide) groups is 1. The number of carbonyl (C=O) groups is 1. The number of rotatable bonds is 10. The number of benzene rings is 2. The van der Waals surface area contributed by atoms with Crippen LogP contribution in [0.2, 0.25) is 0 Å². The first-order valence-corrected chi connectivity index (χ1v) is 10.8. The summed E-state index contributed by atoms with van der Waals surface area (Å²) >= 11 is 1.29. The van der Waals surface area contributed by atoms with Gasteiger partial charge in [-0.25, -0.2) is 0 Å². The monoisotopic (exact) mass is 458 g/mol. The second-order valence-corrected chi connectivity index (χ2v) is 7.52.